The van der Waals surface area contributed by atoms with Gasteiger partial charge >= 0.3 is 0 Å². The molecule has 0 aromatic carbocycles. The highest BCUT2D eigenvalue weighted by molar-refractivity contribution is 7.09. The largest absolute Gasteiger partial charge is 0.250 e. The van der Waals surface area contributed by atoms with E-state index in [9.17, 15) is 0 Å². The van der Waals surface area contributed by atoms with Crippen molar-refractivity contribution < 1.29 is 0 Å². The first-order chi connectivity index (χ1) is 4.79. The van der Waals surface area contributed by atoms with Crippen LogP contribution in [0, 0.1) is 0 Å². The minimum absolute atomic E-state index is 0.935. The fourth-order valence-corrected chi connectivity index (χ4v) is 1.29. The van der Waals surface area contributed by atoms with E-state index in [4.69, 9.17) is 0 Å². The number of hydrogen-bond acceptors (Lipinski definition) is 3. The smallest absolute Gasteiger partial charge is 0.0447 e. The Morgan fingerprint density at radius 1 is 1.60 bits per heavy atom. The minimum Gasteiger partial charge on any atom is -0.250 e. The fourth-order valence-electron chi connectivity index (χ4n) is 0.649. The Labute approximate surface area is 65.4 Å². The van der Waals surface area contributed by atoms with Gasteiger partial charge in [0.15, 0.2) is 0 Å². The summed E-state index contributed by atoms with van der Waals surface area (Å²) in [6.07, 6.45) is 0. The van der Waals surface area contributed by atoms with Crippen LogP contribution in [-0.4, -0.2) is 19.1 Å². The van der Waals surface area contributed by atoms with Crippen LogP contribution in [0.3, 0.4) is 0 Å². The molecule has 0 aliphatic carbocycles. The SMILES string of the molecule is CN(C)NCc1cccs1. The third kappa shape index (κ3) is 2.47. The Bertz CT molecular complexity index is 170. The molecule has 0 radical (unpaired) electrons. The van der Waals surface area contributed by atoms with E-state index >= 15 is 0 Å². The predicted molar refractivity (Wildman–Crippen MR) is 44.8 cm³/mol. The molecule has 1 rings (SSSR count). The molecular formula is C7H12N2S. The van der Waals surface area contributed by atoms with Gasteiger partial charge in [-0.1, -0.05) is 6.07 Å². The highest BCUT2D eigenvalue weighted by atomic mass is 32.1. The van der Waals surface area contributed by atoms with Gasteiger partial charge in [0.25, 0.3) is 0 Å². The van der Waals surface area contributed by atoms with Crippen LogP contribution in [0.4, 0.5) is 0 Å². The van der Waals surface area contributed by atoms with E-state index in [2.05, 4.69) is 22.9 Å². The highest BCUT2D eigenvalue weighted by Crippen LogP contribution is 2.06. The second-order valence-electron chi connectivity index (χ2n) is 2.31. The Balaban J connectivity index is 2.28. The van der Waals surface area contributed by atoms with Crippen molar-refractivity contribution in [1.82, 2.24) is 10.4 Å². The van der Waals surface area contributed by atoms with Gasteiger partial charge in [-0.3, -0.25) is 10.4 Å². The minimum atomic E-state index is 0.935. The van der Waals surface area contributed by atoms with Crippen LogP contribution in [0.15, 0.2) is 17.5 Å². The lowest BCUT2D eigenvalue weighted by molar-refractivity contribution is 0.287. The van der Waals surface area contributed by atoms with Crippen molar-refractivity contribution in [2.45, 2.75) is 6.54 Å². The maximum absolute atomic E-state index is 3.19. The van der Waals surface area contributed by atoms with Crippen LogP contribution in [-0.2, 0) is 6.54 Å². The molecule has 0 saturated carbocycles. The summed E-state index contributed by atoms with van der Waals surface area (Å²) in [6, 6.07) is 4.19. The second kappa shape index (κ2) is 3.71. The summed E-state index contributed by atoms with van der Waals surface area (Å²) >= 11 is 1.78. The van der Waals surface area contributed by atoms with Crippen molar-refractivity contribution in [3.63, 3.8) is 0 Å². The van der Waals surface area contributed by atoms with Crippen molar-refractivity contribution in [3.05, 3.63) is 22.4 Å². The van der Waals surface area contributed by atoms with Gasteiger partial charge in [0, 0.05) is 25.5 Å². The summed E-state index contributed by atoms with van der Waals surface area (Å²) in [5.41, 5.74) is 3.19. The normalized spacial score (nSPS) is 10.7. The van der Waals surface area contributed by atoms with E-state index in [1.807, 2.05) is 19.1 Å². The molecule has 1 N–H and O–H groups in total. The quantitative estimate of drug-likeness (QED) is 0.664. The molecule has 0 amide bonds. The number of nitrogens with one attached hydrogen (secondary N) is 1. The molecule has 0 atom stereocenters. The summed E-state index contributed by atoms with van der Waals surface area (Å²) in [6.45, 7) is 0.935. The first-order valence-corrected chi connectivity index (χ1v) is 4.10. The Hall–Kier alpha value is -0.380. The van der Waals surface area contributed by atoms with Gasteiger partial charge in [-0.25, -0.2) is 0 Å². The summed E-state index contributed by atoms with van der Waals surface area (Å²) in [4.78, 5) is 1.37. The maximum atomic E-state index is 3.19. The summed E-state index contributed by atoms with van der Waals surface area (Å²) < 4.78 is 0. The summed E-state index contributed by atoms with van der Waals surface area (Å²) in [5.74, 6) is 0. The zero-order valence-electron chi connectivity index (χ0n) is 6.29. The van der Waals surface area contributed by atoms with E-state index < -0.39 is 0 Å². The van der Waals surface area contributed by atoms with Crippen LogP contribution in [0.2, 0.25) is 0 Å². The van der Waals surface area contributed by atoms with Crippen molar-refractivity contribution >= 4 is 11.3 Å². The number of hydrogen-bond donors (Lipinski definition) is 1. The first kappa shape index (κ1) is 7.72. The molecule has 0 saturated heterocycles. The molecule has 1 heterocycles. The van der Waals surface area contributed by atoms with Crippen LogP contribution in [0.25, 0.3) is 0 Å². The van der Waals surface area contributed by atoms with Crippen LogP contribution in [0.1, 0.15) is 4.88 Å². The Morgan fingerprint density at radius 2 is 2.40 bits per heavy atom. The molecular weight excluding hydrogens is 144 g/mol. The first-order valence-electron chi connectivity index (χ1n) is 3.22. The lowest BCUT2D eigenvalue weighted by atomic mass is 10.5. The molecule has 56 valence electrons. The number of thiophene rings is 1. The Morgan fingerprint density at radius 3 is 2.90 bits per heavy atom. The predicted octanol–water partition coefficient (Wildman–Crippen LogP) is 1.31. The molecule has 0 spiro atoms. The van der Waals surface area contributed by atoms with E-state index in [0.29, 0.717) is 0 Å². The van der Waals surface area contributed by atoms with Gasteiger partial charge in [0.05, 0.1) is 0 Å². The third-order valence-electron chi connectivity index (χ3n) is 1.15. The van der Waals surface area contributed by atoms with Gasteiger partial charge in [0.2, 0.25) is 0 Å². The maximum Gasteiger partial charge on any atom is 0.0447 e. The molecule has 0 bridgehead atoms. The molecule has 1 aromatic rings. The standard InChI is InChI=1S/C7H12N2S/c1-9(2)8-6-7-4-3-5-10-7/h3-5,8H,6H2,1-2H3. The summed E-state index contributed by atoms with van der Waals surface area (Å²) in [7, 11) is 3.99. The molecule has 1 aromatic heterocycles. The molecule has 0 aliphatic rings. The number of hydrazine groups is 1. The third-order valence-corrected chi connectivity index (χ3v) is 2.03. The molecule has 3 heteroatoms. The van der Waals surface area contributed by atoms with Gasteiger partial charge < -0.3 is 0 Å². The molecule has 2 nitrogen and oxygen atoms in total. The van der Waals surface area contributed by atoms with Gasteiger partial charge in [0.1, 0.15) is 0 Å². The van der Waals surface area contributed by atoms with Gasteiger partial charge in [-0.15, -0.1) is 11.3 Å². The van der Waals surface area contributed by atoms with E-state index in [1.54, 1.807) is 11.3 Å². The topological polar surface area (TPSA) is 15.3 Å². The van der Waals surface area contributed by atoms with Crippen molar-refractivity contribution in [2.75, 3.05) is 14.1 Å². The van der Waals surface area contributed by atoms with E-state index in [-0.39, 0.29) is 0 Å². The molecule has 0 aliphatic heterocycles. The fraction of sp³-hybridized carbons (Fsp3) is 0.429. The van der Waals surface area contributed by atoms with E-state index in [1.165, 1.54) is 4.88 Å². The van der Waals surface area contributed by atoms with Gasteiger partial charge in [-0.2, -0.15) is 0 Å². The van der Waals surface area contributed by atoms with Crippen LogP contribution < -0.4 is 5.43 Å². The average molecular weight is 156 g/mol. The average Bonchev–Trinajstić information content (AvgIpc) is 2.34. The number of rotatable bonds is 3. The van der Waals surface area contributed by atoms with E-state index in [0.717, 1.165) is 6.54 Å². The highest BCUT2D eigenvalue weighted by Gasteiger charge is 1.91. The summed E-state index contributed by atoms with van der Waals surface area (Å²) in [5, 5.41) is 4.05. The second-order valence-corrected chi connectivity index (χ2v) is 3.34. The van der Waals surface area contributed by atoms with Crippen molar-refractivity contribution in [2.24, 2.45) is 0 Å². The van der Waals surface area contributed by atoms with Crippen molar-refractivity contribution in [1.29, 1.82) is 0 Å². The lowest BCUT2D eigenvalue weighted by Gasteiger charge is -2.09. The van der Waals surface area contributed by atoms with Crippen LogP contribution in [0.5, 0.6) is 0 Å². The molecule has 0 fully saturated rings. The monoisotopic (exact) mass is 156 g/mol. The zero-order chi connectivity index (χ0) is 7.40. The van der Waals surface area contributed by atoms with Crippen molar-refractivity contribution in [3.8, 4) is 0 Å². The Kier molecular flexibility index (Phi) is 2.86. The number of nitrogens with zero attached hydrogens (tertiary/aromatic N) is 1. The van der Waals surface area contributed by atoms with Gasteiger partial charge in [-0.05, 0) is 11.4 Å². The lowest BCUT2D eigenvalue weighted by Crippen LogP contribution is -2.29. The molecule has 0 unspecified atom stereocenters. The van der Waals surface area contributed by atoms with Crippen LogP contribution >= 0.6 is 11.3 Å². The molecule has 10 heavy (non-hydrogen) atoms. The zero-order valence-corrected chi connectivity index (χ0v) is 7.11.